The first-order valence-electron chi connectivity index (χ1n) is 6.79. The Hall–Kier alpha value is -2.13. The molecule has 0 amide bonds. The molecule has 6 nitrogen and oxygen atoms in total. The van der Waals surface area contributed by atoms with Crippen LogP contribution in [0, 0.1) is 33.3 Å². The van der Waals surface area contributed by atoms with Gasteiger partial charge < -0.3 is 10.6 Å². The topological polar surface area (TPSA) is 96.2 Å². The average molecular weight is 272 g/mol. The summed E-state index contributed by atoms with van der Waals surface area (Å²) in [6, 6.07) is 6.93. The van der Waals surface area contributed by atoms with Gasteiger partial charge in [0, 0.05) is 30.9 Å². The van der Waals surface area contributed by atoms with E-state index >= 15 is 0 Å². The molecule has 3 unspecified atom stereocenters. The van der Waals surface area contributed by atoms with Crippen molar-refractivity contribution in [2.24, 2.45) is 17.6 Å². The van der Waals surface area contributed by atoms with E-state index in [1.807, 2.05) is 6.07 Å². The van der Waals surface area contributed by atoms with Gasteiger partial charge in [-0.25, -0.2) is 0 Å². The fourth-order valence-electron chi connectivity index (χ4n) is 3.49. The van der Waals surface area contributed by atoms with Gasteiger partial charge in [-0.2, -0.15) is 5.26 Å². The van der Waals surface area contributed by atoms with Crippen molar-refractivity contribution < 1.29 is 4.92 Å². The van der Waals surface area contributed by atoms with E-state index in [0.717, 1.165) is 31.6 Å². The van der Waals surface area contributed by atoms with Gasteiger partial charge in [-0.3, -0.25) is 10.1 Å². The zero-order valence-electron chi connectivity index (χ0n) is 11.0. The number of anilines is 1. The number of fused-ring (bicyclic) bond motifs is 1. The molecule has 2 N–H and O–H groups in total. The zero-order valence-corrected chi connectivity index (χ0v) is 11.0. The van der Waals surface area contributed by atoms with E-state index in [0.29, 0.717) is 11.8 Å². The van der Waals surface area contributed by atoms with Gasteiger partial charge in [0.1, 0.15) is 11.6 Å². The summed E-state index contributed by atoms with van der Waals surface area (Å²) in [7, 11) is 0. The lowest BCUT2D eigenvalue weighted by atomic mass is 9.98. The van der Waals surface area contributed by atoms with Crippen molar-refractivity contribution in [3.8, 4) is 6.07 Å². The molecule has 1 heterocycles. The smallest absolute Gasteiger partial charge is 0.287 e. The SMILES string of the molecule is N#Cc1cc(N2CC3CCC(N)C3C2)ccc1[N+](=O)[O-]. The molecular weight excluding hydrogens is 256 g/mol. The highest BCUT2D eigenvalue weighted by atomic mass is 16.6. The molecule has 20 heavy (non-hydrogen) atoms. The van der Waals surface area contributed by atoms with Crippen LogP contribution in [0.15, 0.2) is 18.2 Å². The third-order valence-electron chi connectivity index (χ3n) is 4.57. The molecule has 104 valence electrons. The van der Waals surface area contributed by atoms with Crippen LogP contribution in [0.3, 0.4) is 0 Å². The Bertz CT molecular complexity index is 595. The van der Waals surface area contributed by atoms with E-state index in [1.54, 1.807) is 12.1 Å². The molecule has 0 radical (unpaired) electrons. The molecule has 1 aliphatic carbocycles. The molecule has 6 heteroatoms. The van der Waals surface area contributed by atoms with Crippen LogP contribution in [0.5, 0.6) is 0 Å². The Morgan fingerprint density at radius 1 is 1.40 bits per heavy atom. The van der Waals surface area contributed by atoms with Crippen LogP contribution in [0.1, 0.15) is 18.4 Å². The molecule has 2 fully saturated rings. The Kier molecular flexibility index (Phi) is 3.07. The van der Waals surface area contributed by atoms with Crippen LogP contribution in [0.2, 0.25) is 0 Å². The fourth-order valence-corrected chi connectivity index (χ4v) is 3.49. The molecule has 1 aliphatic heterocycles. The number of hydrogen-bond donors (Lipinski definition) is 1. The Balaban J connectivity index is 1.86. The molecular formula is C14H16N4O2. The summed E-state index contributed by atoms with van der Waals surface area (Å²) in [4.78, 5) is 12.5. The maximum Gasteiger partial charge on any atom is 0.287 e. The summed E-state index contributed by atoms with van der Waals surface area (Å²) >= 11 is 0. The van der Waals surface area contributed by atoms with E-state index in [4.69, 9.17) is 11.0 Å². The first-order valence-corrected chi connectivity index (χ1v) is 6.79. The summed E-state index contributed by atoms with van der Waals surface area (Å²) in [5, 5.41) is 19.9. The van der Waals surface area contributed by atoms with E-state index in [2.05, 4.69) is 4.90 Å². The predicted octanol–water partition coefficient (Wildman–Crippen LogP) is 1.64. The third kappa shape index (κ3) is 2.00. The summed E-state index contributed by atoms with van der Waals surface area (Å²) < 4.78 is 0. The van der Waals surface area contributed by atoms with Crippen molar-refractivity contribution in [2.75, 3.05) is 18.0 Å². The summed E-state index contributed by atoms with van der Waals surface area (Å²) in [5.74, 6) is 1.13. The van der Waals surface area contributed by atoms with Crippen LogP contribution < -0.4 is 10.6 Å². The second-order valence-electron chi connectivity index (χ2n) is 5.64. The van der Waals surface area contributed by atoms with Gasteiger partial charge in [-0.1, -0.05) is 0 Å². The molecule has 1 saturated heterocycles. The van der Waals surface area contributed by atoms with Crippen LogP contribution >= 0.6 is 0 Å². The molecule has 1 aromatic carbocycles. The lowest BCUT2D eigenvalue weighted by Gasteiger charge is -2.20. The number of nitro groups is 1. The van der Waals surface area contributed by atoms with Crippen molar-refractivity contribution in [2.45, 2.75) is 18.9 Å². The minimum absolute atomic E-state index is 0.119. The number of nitrogens with two attached hydrogens (primary N) is 1. The zero-order chi connectivity index (χ0) is 14.3. The second kappa shape index (κ2) is 4.76. The Morgan fingerprint density at radius 2 is 2.20 bits per heavy atom. The minimum atomic E-state index is -0.517. The summed E-state index contributed by atoms with van der Waals surface area (Å²) in [6.07, 6.45) is 2.24. The number of nitrogens with zero attached hydrogens (tertiary/aromatic N) is 3. The third-order valence-corrected chi connectivity index (χ3v) is 4.57. The number of rotatable bonds is 2. The van der Waals surface area contributed by atoms with Crippen LogP contribution in [-0.4, -0.2) is 24.1 Å². The number of nitriles is 1. The highest BCUT2D eigenvalue weighted by molar-refractivity contribution is 5.60. The second-order valence-corrected chi connectivity index (χ2v) is 5.64. The van der Waals surface area contributed by atoms with Gasteiger partial charge in [0.2, 0.25) is 0 Å². The number of benzene rings is 1. The van der Waals surface area contributed by atoms with Gasteiger partial charge in [0.15, 0.2) is 0 Å². The number of nitro benzene ring substituents is 1. The van der Waals surface area contributed by atoms with Gasteiger partial charge in [0.05, 0.1) is 4.92 Å². The molecule has 3 atom stereocenters. The molecule has 0 aromatic heterocycles. The van der Waals surface area contributed by atoms with Gasteiger partial charge >= 0.3 is 0 Å². The standard InChI is InChI=1S/C14H16N4O2/c15-6-10-5-11(2-4-14(10)18(19)20)17-7-9-1-3-13(16)12(9)8-17/h2,4-5,9,12-13H,1,3,7-8,16H2. The van der Waals surface area contributed by atoms with Crippen molar-refractivity contribution in [3.05, 3.63) is 33.9 Å². The molecule has 0 bridgehead atoms. The quantitative estimate of drug-likeness (QED) is 0.652. The van der Waals surface area contributed by atoms with Gasteiger partial charge in [-0.05, 0) is 36.8 Å². The average Bonchev–Trinajstić information content (AvgIpc) is 3.00. The summed E-state index contributed by atoms with van der Waals surface area (Å²) in [5.41, 5.74) is 6.98. The van der Waals surface area contributed by atoms with Gasteiger partial charge in [0.25, 0.3) is 5.69 Å². The summed E-state index contributed by atoms with van der Waals surface area (Å²) in [6.45, 7) is 1.82. The molecule has 1 aromatic rings. The number of hydrogen-bond acceptors (Lipinski definition) is 5. The lowest BCUT2D eigenvalue weighted by molar-refractivity contribution is -0.385. The van der Waals surface area contributed by atoms with Crippen molar-refractivity contribution in [3.63, 3.8) is 0 Å². The molecule has 3 rings (SSSR count). The van der Waals surface area contributed by atoms with E-state index in [9.17, 15) is 10.1 Å². The van der Waals surface area contributed by atoms with Crippen molar-refractivity contribution in [1.29, 1.82) is 5.26 Å². The lowest BCUT2D eigenvalue weighted by Crippen LogP contribution is -2.30. The Labute approximate surface area is 116 Å². The van der Waals surface area contributed by atoms with Crippen LogP contribution in [0.4, 0.5) is 11.4 Å². The molecule has 1 saturated carbocycles. The normalized spacial score (nSPS) is 28.2. The predicted molar refractivity (Wildman–Crippen MR) is 74.2 cm³/mol. The van der Waals surface area contributed by atoms with Crippen molar-refractivity contribution in [1.82, 2.24) is 0 Å². The van der Waals surface area contributed by atoms with E-state index in [-0.39, 0.29) is 17.3 Å². The van der Waals surface area contributed by atoms with Crippen molar-refractivity contribution >= 4 is 11.4 Å². The highest BCUT2D eigenvalue weighted by Crippen LogP contribution is 2.39. The Morgan fingerprint density at radius 3 is 2.85 bits per heavy atom. The first kappa shape index (κ1) is 12.9. The van der Waals surface area contributed by atoms with E-state index < -0.39 is 4.92 Å². The van der Waals surface area contributed by atoms with E-state index in [1.165, 1.54) is 6.07 Å². The monoisotopic (exact) mass is 272 g/mol. The highest BCUT2D eigenvalue weighted by Gasteiger charge is 2.41. The molecule has 2 aliphatic rings. The largest absolute Gasteiger partial charge is 0.371 e. The minimum Gasteiger partial charge on any atom is -0.371 e. The van der Waals surface area contributed by atoms with Crippen LogP contribution in [0.25, 0.3) is 0 Å². The maximum atomic E-state index is 10.8. The first-order chi connectivity index (χ1) is 9.60. The van der Waals surface area contributed by atoms with Gasteiger partial charge in [-0.15, -0.1) is 0 Å². The van der Waals surface area contributed by atoms with Crippen LogP contribution in [-0.2, 0) is 0 Å². The molecule has 0 spiro atoms. The fraction of sp³-hybridized carbons (Fsp3) is 0.500. The maximum absolute atomic E-state index is 10.8.